The summed E-state index contributed by atoms with van der Waals surface area (Å²) < 4.78 is 0. The minimum absolute atomic E-state index is 0.0353. The normalized spacial score (nSPS) is 14.2. The molecule has 62 heavy (non-hydrogen) atoms. The Hall–Kier alpha value is -6.53. The van der Waals surface area contributed by atoms with Crippen molar-refractivity contribution >= 4 is 52.3 Å². The van der Waals surface area contributed by atoms with E-state index in [-0.39, 0.29) is 31.2 Å². The van der Waals surface area contributed by atoms with Gasteiger partial charge in [-0.25, -0.2) is 9.97 Å². The number of nitrogens with one attached hydrogen (secondary N) is 10. The summed E-state index contributed by atoms with van der Waals surface area (Å²) >= 11 is 0. The lowest BCUT2D eigenvalue weighted by atomic mass is 9.99. The molecule has 0 radical (unpaired) electrons. The smallest absolute Gasteiger partial charge is 0.243 e. The Balaban J connectivity index is 1.41. The SMILES string of the molecule is CCC[C@H](CC(C)C)NC(=O)[C@H](Cc1cnc[nH]1)NC(=O)CNC(=O)[C@@H](NC(=O)[C@H](C)NC(=O)[C@H](Cc1c[nH]c2ccccc12)NC(=O)[C@H](Cc1cnc[nH]1)NC(C)=O)C(C)C. The highest BCUT2D eigenvalue weighted by Crippen LogP contribution is 2.20. The molecule has 4 aromatic rings. The molecule has 336 valence electrons. The van der Waals surface area contributed by atoms with E-state index in [1.54, 1.807) is 26.2 Å². The molecular formula is C43H62N12O7. The van der Waals surface area contributed by atoms with E-state index in [0.29, 0.717) is 17.3 Å². The number of imidazole rings is 2. The summed E-state index contributed by atoms with van der Waals surface area (Å²) in [6, 6.07) is 1.92. The van der Waals surface area contributed by atoms with Crippen LogP contribution in [0.4, 0.5) is 0 Å². The Labute approximate surface area is 361 Å². The number of aromatic amines is 3. The number of rotatable bonds is 24. The van der Waals surface area contributed by atoms with Crippen molar-refractivity contribution in [2.24, 2.45) is 11.8 Å². The molecule has 7 amide bonds. The predicted molar refractivity (Wildman–Crippen MR) is 232 cm³/mol. The minimum Gasteiger partial charge on any atom is -0.361 e. The zero-order valence-corrected chi connectivity index (χ0v) is 36.5. The second-order valence-electron chi connectivity index (χ2n) is 16.4. The number of hydrogen-bond donors (Lipinski definition) is 10. The number of fused-ring (bicyclic) bond motifs is 1. The number of benzene rings is 1. The lowest BCUT2D eigenvalue weighted by Crippen LogP contribution is -2.59. The Morgan fingerprint density at radius 3 is 1.84 bits per heavy atom. The summed E-state index contributed by atoms with van der Waals surface area (Å²) in [5.41, 5.74) is 2.77. The number of amides is 7. The van der Waals surface area contributed by atoms with Gasteiger partial charge in [0.15, 0.2) is 0 Å². The summed E-state index contributed by atoms with van der Waals surface area (Å²) in [6.07, 6.45) is 10.4. The molecule has 0 aliphatic rings. The first-order valence-corrected chi connectivity index (χ1v) is 21.1. The summed E-state index contributed by atoms with van der Waals surface area (Å²) in [5.74, 6) is -4.16. The van der Waals surface area contributed by atoms with E-state index < -0.39 is 78.1 Å². The van der Waals surface area contributed by atoms with Crippen molar-refractivity contribution in [1.82, 2.24) is 62.1 Å². The molecule has 4 rings (SSSR count). The van der Waals surface area contributed by atoms with Crippen molar-refractivity contribution < 1.29 is 33.6 Å². The predicted octanol–water partition coefficient (Wildman–Crippen LogP) is 1.21. The minimum atomic E-state index is -1.19. The van der Waals surface area contributed by atoms with Crippen molar-refractivity contribution in [1.29, 1.82) is 0 Å². The molecular weight excluding hydrogens is 797 g/mol. The highest BCUT2D eigenvalue weighted by molar-refractivity contribution is 5.97. The maximum absolute atomic E-state index is 13.9. The Kier molecular flexibility index (Phi) is 18.2. The average Bonchev–Trinajstić information content (AvgIpc) is 4.01. The highest BCUT2D eigenvalue weighted by Gasteiger charge is 2.32. The van der Waals surface area contributed by atoms with E-state index in [1.807, 2.05) is 31.2 Å². The number of hydrogen-bond acceptors (Lipinski definition) is 9. The van der Waals surface area contributed by atoms with Gasteiger partial charge in [-0.05, 0) is 43.2 Å². The molecule has 3 aromatic heterocycles. The molecule has 0 unspecified atom stereocenters. The molecule has 3 heterocycles. The van der Waals surface area contributed by atoms with Crippen molar-refractivity contribution in [2.75, 3.05) is 6.54 Å². The van der Waals surface area contributed by atoms with Crippen molar-refractivity contribution in [3.8, 4) is 0 Å². The van der Waals surface area contributed by atoms with Crippen LogP contribution in [0, 0.1) is 11.8 Å². The third-order valence-corrected chi connectivity index (χ3v) is 10.2. The molecule has 0 fully saturated rings. The molecule has 6 atom stereocenters. The second kappa shape index (κ2) is 23.5. The van der Waals surface area contributed by atoms with Gasteiger partial charge in [0.05, 0.1) is 19.2 Å². The number of carbonyl (C=O) groups is 7. The lowest BCUT2D eigenvalue weighted by Gasteiger charge is -2.26. The zero-order chi connectivity index (χ0) is 45.3. The fourth-order valence-corrected chi connectivity index (χ4v) is 7.08. The van der Waals surface area contributed by atoms with Crippen molar-refractivity contribution in [3.05, 3.63) is 72.5 Å². The molecule has 0 aliphatic heterocycles. The molecule has 0 saturated carbocycles. The molecule has 0 saturated heterocycles. The topological polar surface area (TPSA) is 277 Å². The average molecular weight is 859 g/mol. The van der Waals surface area contributed by atoms with E-state index >= 15 is 0 Å². The number of para-hydroxylation sites is 1. The van der Waals surface area contributed by atoms with Crippen molar-refractivity contribution in [2.45, 2.75) is 123 Å². The standard InChI is InChI=1S/C43H62N12O7/c1-8-11-29(14-24(2)3)52-41(60)36(17-31-20-45-23-49-31)53-37(57)21-47-43(62)38(25(4)5)55-39(58)26(6)50-40(59)34(15-28-18-46-33-13-10-9-12-32(28)33)54-42(61)35(51-27(7)56)16-30-19-44-22-48-30/h9-10,12-13,18-20,22-26,29,34-36,38,46H,8,11,14-17,21H2,1-7H3,(H,44,48)(H,45,49)(H,47,62)(H,50,59)(H,51,56)(H,52,60)(H,53,57)(H,54,61)(H,55,58)/t26-,29+,34-,35-,36-,38-/m0/s1. The van der Waals surface area contributed by atoms with E-state index in [2.05, 4.69) is 76.0 Å². The van der Waals surface area contributed by atoms with Crippen LogP contribution in [-0.4, -0.2) is 109 Å². The molecule has 1 aromatic carbocycles. The van der Waals surface area contributed by atoms with Gasteiger partial charge >= 0.3 is 0 Å². The lowest BCUT2D eigenvalue weighted by molar-refractivity contribution is -0.135. The van der Waals surface area contributed by atoms with Gasteiger partial charge in [-0.1, -0.05) is 59.2 Å². The van der Waals surface area contributed by atoms with Crippen LogP contribution in [0.25, 0.3) is 10.9 Å². The van der Waals surface area contributed by atoms with Crippen LogP contribution >= 0.6 is 0 Å². The van der Waals surface area contributed by atoms with Gasteiger partial charge in [-0.3, -0.25) is 33.6 Å². The van der Waals surface area contributed by atoms with Crippen LogP contribution in [0.15, 0.2) is 55.5 Å². The zero-order valence-electron chi connectivity index (χ0n) is 36.5. The number of nitrogens with zero attached hydrogens (tertiary/aromatic N) is 2. The van der Waals surface area contributed by atoms with E-state index in [0.717, 1.165) is 35.7 Å². The van der Waals surface area contributed by atoms with E-state index in [1.165, 1.54) is 32.7 Å². The van der Waals surface area contributed by atoms with Gasteiger partial charge in [0.25, 0.3) is 0 Å². The monoisotopic (exact) mass is 858 g/mol. The van der Waals surface area contributed by atoms with Crippen LogP contribution in [0.3, 0.4) is 0 Å². The second-order valence-corrected chi connectivity index (χ2v) is 16.4. The first-order chi connectivity index (χ1) is 29.5. The Morgan fingerprint density at radius 1 is 0.661 bits per heavy atom. The third-order valence-electron chi connectivity index (χ3n) is 10.2. The quantitative estimate of drug-likeness (QED) is 0.0484. The maximum atomic E-state index is 13.9. The van der Waals surface area contributed by atoms with Gasteiger partial charge < -0.3 is 52.2 Å². The maximum Gasteiger partial charge on any atom is 0.243 e. The molecule has 19 nitrogen and oxygen atoms in total. The first kappa shape index (κ1) is 48.1. The van der Waals surface area contributed by atoms with Gasteiger partial charge in [-0.15, -0.1) is 0 Å². The van der Waals surface area contributed by atoms with E-state index in [4.69, 9.17) is 0 Å². The van der Waals surface area contributed by atoms with Gasteiger partial charge in [0, 0.05) is 73.1 Å². The fourth-order valence-electron chi connectivity index (χ4n) is 7.08. The third kappa shape index (κ3) is 14.9. The molecule has 0 bridgehead atoms. The number of carbonyl (C=O) groups excluding carboxylic acids is 7. The highest BCUT2D eigenvalue weighted by atomic mass is 16.2. The Bertz CT molecular complexity index is 2100. The summed E-state index contributed by atoms with van der Waals surface area (Å²) in [7, 11) is 0. The van der Waals surface area contributed by atoms with Crippen LogP contribution in [-0.2, 0) is 52.8 Å². The van der Waals surface area contributed by atoms with Crippen LogP contribution in [0.1, 0.15) is 84.7 Å². The van der Waals surface area contributed by atoms with Gasteiger partial charge in [0.2, 0.25) is 41.4 Å². The summed E-state index contributed by atoms with van der Waals surface area (Å²) in [5, 5.41) is 19.9. The summed E-state index contributed by atoms with van der Waals surface area (Å²) in [6.45, 7) is 11.9. The Morgan fingerprint density at radius 2 is 1.26 bits per heavy atom. The van der Waals surface area contributed by atoms with Crippen LogP contribution in [0.5, 0.6) is 0 Å². The molecule has 0 spiro atoms. The molecule has 10 N–H and O–H groups in total. The fraction of sp³-hybridized carbons (Fsp3) is 0.512. The number of aromatic nitrogens is 5. The van der Waals surface area contributed by atoms with Gasteiger partial charge in [-0.2, -0.15) is 0 Å². The van der Waals surface area contributed by atoms with Gasteiger partial charge in [0.1, 0.15) is 30.2 Å². The van der Waals surface area contributed by atoms with Crippen LogP contribution < -0.4 is 37.2 Å². The summed E-state index contributed by atoms with van der Waals surface area (Å²) in [4.78, 5) is 110. The van der Waals surface area contributed by atoms with E-state index in [9.17, 15) is 33.6 Å². The van der Waals surface area contributed by atoms with Crippen molar-refractivity contribution in [3.63, 3.8) is 0 Å². The first-order valence-electron chi connectivity index (χ1n) is 21.1. The van der Waals surface area contributed by atoms with Crippen LogP contribution in [0.2, 0.25) is 0 Å². The largest absolute Gasteiger partial charge is 0.361 e. The number of H-pyrrole nitrogens is 3. The molecule has 19 heteroatoms. The molecule has 0 aliphatic carbocycles.